The fraction of sp³-hybridized carbons (Fsp3) is 0.526. The molecule has 2 atom stereocenters. The third kappa shape index (κ3) is 6.41. The van der Waals surface area contributed by atoms with Crippen molar-refractivity contribution >= 4 is 17.9 Å². The first-order chi connectivity index (χ1) is 13.3. The van der Waals surface area contributed by atoms with Crippen LogP contribution in [0.2, 0.25) is 0 Å². The third-order valence-electron chi connectivity index (χ3n) is 4.30. The van der Waals surface area contributed by atoms with Crippen molar-refractivity contribution in [3.05, 3.63) is 29.8 Å². The molecule has 1 fully saturated rings. The van der Waals surface area contributed by atoms with Crippen molar-refractivity contribution in [1.29, 1.82) is 0 Å². The Balaban J connectivity index is 1.99. The number of aliphatic carboxylic acids is 1. The second kappa shape index (κ2) is 9.93. The molecule has 1 aromatic carbocycles. The zero-order valence-electron chi connectivity index (χ0n) is 16.1. The average Bonchev–Trinajstić information content (AvgIpc) is 2.81. The van der Waals surface area contributed by atoms with E-state index in [-0.39, 0.29) is 24.5 Å². The maximum Gasteiger partial charge on any atom is 0.341 e. The second-order valence-electron chi connectivity index (χ2n) is 7.05. The van der Waals surface area contributed by atoms with Crippen LogP contribution in [-0.4, -0.2) is 70.9 Å². The monoisotopic (exact) mass is 393 g/mol. The number of hydrogen-bond donors (Lipinski definition) is 4. The Kier molecular flexibility index (Phi) is 7.62. The molecule has 3 amide bonds. The summed E-state index contributed by atoms with van der Waals surface area (Å²) in [6, 6.07) is 5.22. The molecule has 28 heavy (non-hydrogen) atoms. The van der Waals surface area contributed by atoms with Crippen LogP contribution in [0.5, 0.6) is 5.75 Å². The molecule has 154 valence electrons. The minimum atomic E-state index is -1.09. The molecule has 1 aromatic rings. The minimum absolute atomic E-state index is 0.00409. The number of hydrogen-bond acceptors (Lipinski definition) is 5. The van der Waals surface area contributed by atoms with Gasteiger partial charge in [0.1, 0.15) is 5.75 Å². The predicted octanol–water partition coefficient (Wildman–Crippen LogP) is 0.823. The molecule has 0 saturated carbocycles. The highest BCUT2D eigenvalue weighted by Crippen LogP contribution is 2.15. The normalized spacial score (nSPS) is 19.6. The SMILES string of the molecule is CC(C)NC(=O)N1CCC[C@@H](O)[C@H](NC(=O)c2ccc(OCC(=O)O)cc2)C1. The highest BCUT2D eigenvalue weighted by molar-refractivity contribution is 5.94. The number of likely N-dealkylation sites (tertiary alicyclic amines) is 1. The number of ether oxygens (including phenoxy) is 1. The summed E-state index contributed by atoms with van der Waals surface area (Å²) in [5.41, 5.74) is 0.345. The van der Waals surface area contributed by atoms with Gasteiger partial charge in [-0.15, -0.1) is 0 Å². The van der Waals surface area contributed by atoms with Crippen LogP contribution in [0.4, 0.5) is 4.79 Å². The molecule has 0 aromatic heterocycles. The maximum atomic E-state index is 12.5. The molecule has 4 N–H and O–H groups in total. The summed E-state index contributed by atoms with van der Waals surface area (Å²) in [6.45, 7) is 4.00. The lowest BCUT2D eigenvalue weighted by molar-refractivity contribution is -0.139. The quantitative estimate of drug-likeness (QED) is 0.567. The van der Waals surface area contributed by atoms with E-state index in [1.807, 2.05) is 13.8 Å². The molecular weight excluding hydrogens is 366 g/mol. The van der Waals surface area contributed by atoms with Crippen LogP contribution in [0.1, 0.15) is 37.0 Å². The highest BCUT2D eigenvalue weighted by atomic mass is 16.5. The standard InChI is InChI=1S/C19H27N3O6/c1-12(2)20-19(27)22-9-3-4-16(23)15(10-22)21-18(26)13-5-7-14(8-6-13)28-11-17(24)25/h5-8,12,15-16,23H,3-4,9-11H2,1-2H3,(H,20,27)(H,21,26)(H,24,25)/t15-,16-/m1/s1. The number of aliphatic hydroxyl groups excluding tert-OH is 1. The number of amides is 3. The van der Waals surface area contributed by atoms with E-state index in [9.17, 15) is 19.5 Å². The van der Waals surface area contributed by atoms with Gasteiger partial charge < -0.3 is 30.5 Å². The van der Waals surface area contributed by atoms with Gasteiger partial charge in [0.15, 0.2) is 6.61 Å². The Hall–Kier alpha value is -2.81. The van der Waals surface area contributed by atoms with Gasteiger partial charge in [0.05, 0.1) is 12.1 Å². The minimum Gasteiger partial charge on any atom is -0.482 e. The number of carbonyl (C=O) groups excluding carboxylic acids is 2. The van der Waals surface area contributed by atoms with E-state index in [4.69, 9.17) is 9.84 Å². The summed E-state index contributed by atoms with van der Waals surface area (Å²) < 4.78 is 5.04. The second-order valence-corrected chi connectivity index (χ2v) is 7.05. The number of nitrogens with one attached hydrogen (secondary N) is 2. The molecule has 9 nitrogen and oxygen atoms in total. The first-order valence-corrected chi connectivity index (χ1v) is 9.25. The lowest BCUT2D eigenvalue weighted by Gasteiger charge is -2.28. The highest BCUT2D eigenvalue weighted by Gasteiger charge is 2.29. The topological polar surface area (TPSA) is 128 Å². The van der Waals surface area contributed by atoms with Gasteiger partial charge in [-0.2, -0.15) is 0 Å². The predicted molar refractivity (Wildman–Crippen MR) is 101 cm³/mol. The van der Waals surface area contributed by atoms with E-state index < -0.39 is 24.7 Å². The van der Waals surface area contributed by atoms with Crippen molar-refractivity contribution in [2.75, 3.05) is 19.7 Å². The Bertz CT molecular complexity index is 691. The van der Waals surface area contributed by atoms with Gasteiger partial charge in [-0.3, -0.25) is 4.79 Å². The zero-order chi connectivity index (χ0) is 20.7. The van der Waals surface area contributed by atoms with Gasteiger partial charge in [0.2, 0.25) is 0 Å². The first kappa shape index (κ1) is 21.5. The molecule has 0 radical (unpaired) electrons. The fourth-order valence-corrected chi connectivity index (χ4v) is 2.91. The summed E-state index contributed by atoms with van der Waals surface area (Å²) in [6.07, 6.45) is 0.381. The van der Waals surface area contributed by atoms with Crippen molar-refractivity contribution in [3.63, 3.8) is 0 Å². The van der Waals surface area contributed by atoms with Gasteiger partial charge in [0, 0.05) is 24.7 Å². The molecule has 1 aliphatic heterocycles. The van der Waals surface area contributed by atoms with E-state index in [2.05, 4.69) is 10.6 Å². The number of benzene rings is 1. The lowest BCUT2D eigenvalue weighted by atomic mass is 10.1. The molecule has 2 rings (SSSR count). The number of carboxylic acid groups (broad SMARTS) is 1. The van der Waals surface area contributed by atoms with Crippen molar-refractivity contribution in [2.45, 2.75) is 44.9 Å². The van der Waals surface area contributed by atoms with E-state index in [1.54, 1.807) is 4.90 Å². The summed E-state index contributed by atoms with van der Waals surface area (Å²) in [4.78, 5) is 36.9. The van der Waals surface area contributed by atoms with Crippen molar-refractivity contribution in [2.24, 2.45) is 0 Å². The lowest BCUT2D eigenvalue weighted by Crippen LogP contribution is -2.52. The fourth-order valence-electron chi connectivity index (χ4n) is 2.91. The maximum absolute atomic E-state index is 12.5. The molecule has 9 heteroatoms. The summed E-state index contributed by atoms with van der Waals surface area (Å²) in [7, 11) is 0. The molecular formula is C19H27N3O6. The van der Waals surface area contributed by atoms with Gasteiger partial charge in [-0.1, -0.05) is 0 Å². The van der Waals surface area contributed by atoms with Crippen LogP contribution >= 0.6 is 0 Å². The third-order valence-corrected chi connectivity index (χ3v) is 4.30. The Labute approximate surface area is 163 Å². The largest absolute Gasteiger partial charge is 0.482 e. The van der Waals surface area contributed by atoms with Crippen LogP contribution < -0.4 is 15.4 Å². The Morgan fingerprint density at radius 3 is 2.54 bits per heavy atom. The van der Waals surface area contributed by atoms with Crippen LogP contribution in [0.25, 0.3) is 0 Å². The van der Waals surface area contributed by atoms with E-state index in [1.165, 1.54) is 24.3 Å². The molecule has 0 bridgehead atoms. The van der Waals surface area contributed by atoms with Crippen molar-refractivity contribution < 1.29 is 29.3 Å². The van der Waals surface area contributed by atoms with E-state index in [0.29, 0.717) is 30.7 Å². The van der Waals surface area contributed by atoms with Crippen LogP contribution in [0, 0.1) is 0 Å². The van der Waals surface area contributed by atoms with Crippen LogP contribution in [-0.2, 0) is 4.79 Å². The molecule has 0 aliphatic carbocycles. The average molecular weight is 393 g/mol. The number of aliphatic hydroxyl groups is 1. The molecule has 0 unspecified atom stereocenters. The van der Waals surface area contributed by atoms with Gasteiger partial charge in [0.25, 0.3) is 5.91 Å². The summed E-state index contributed by atoms with van der Waals surface area (Å²) in [5, 5.41) is 24.6. The molecule has 0 spiro atoms. The number of carboxylic acids is 1. The van der Waals surface area contributed by atoms with Gasteiger partial charge >= 0.3 is 12.0 Å². The Morgan fingerprint density at radius 1 is 1.25 bits per heavy atom. The molecule has 1 heterocycles. The van der Waals surface area contributed by atoms with Gasteiger partial charge in [-0.25, -0.2) is 9.59 Å². The first-order valence-electron chi connectivity index (χ1n) is 9.25. The zero-order valence-corrected chi connectivity index (χ0v) is 16.1. The number of rotatable bonds is 6. The van der Waals surface area contributed by atoms with E-state index in [0.717, 1.165) is 0 Å². The smallest absolute Gasteiger partial charge is 0.341 e. The van der Waals surface area contributed by atoms with Crippen LogP contribution in [0.15, 0.2) is 24.3 Å². The van der Waals surface area contributed by atoms with Crippen molar-refractivity contribution in [3.8, 4) is 5.75 Å². The van der Waals surface area contributed by atoms with Crippen LogP contribution in [0.3, 0.4) is 0 Å². The number of carbonyl (C=O) groups is 3. The van der Waals surface area contributed by atoms with Crippen molar-refractivity contribution in [1.82, 2.24) is 15.5 Å². The van der Waals surface area contributed by atoms with Gasteiger partial charge in [-0.05, 0) is 51.0 Å². The summed E-state index contributed by atoms with van der Waals surface area (Å²) >= 11 is 0. The molecule has 1 saturated heterocycles. The number of nitrogens with zero attached hydrogens (tertiary/aromatic N) is 1. The Morgan fingerprint density at radius 2 is 1.93 bits per heavy atom. The number of urea groups is 1. The molecule has 1 aliphatic rings. The van der Waals surface area contributed by atoms with E-state index >= 15 is 0 Å². The summed E-state index contributed by atoms with van der Waals surface area (Å²) in [5.74, 6) is -1.14.